The number of benzene rings is 2. The maximum absolute atomic E-state index is 12.9. The first-order chi connectivity index (χ1) is 16.8. The van der Waals surface area contributed by atoms with Crippen molar-refractivity contribution in [3.63, 3.8) is 0 Å². The number of thioether (sulfide) groups is 1. The quantitative estimate of drug-likeness (QED) is 0.473. The molecular weight excluding hydrogens is 515 g/mol. The van der Waals surface area contributed by atoms with Crippen molar-refractivity contribution in [2.45, 2.75) is 32.0 Å². The van der Waals surface area contributed by atoms with E-state index in [2.05, 4.69) is 5.32 Å². The Morgan fingerprint density at radius 2 is 1.83 bits per heavy atom. The number of halogens is 2. The van der Waals surface area contributed by atoms with E-state index in [1.54, 1.807) is 49.4 Å². The summed E-state index contributed by atoms with van der Waals surface area (Å²) in [7, 11) is 1.26. The molecule has 1 heterocycles. The predicted octanol–water partition coefficient (Wildman–Crippen LogP) is 4.30. The molecule has 1 fully saturated rings. The van der Waals surface area contributed by atoms with Gasteiger partial charge in [-0.3, -0.25) is 9.69 Å². The molecule has 0 spiro atoms. The van der Waals surface area contributed by atoms with Crippen molar-refractivity contribution in [3.8, 4) is 5.75 Å². The molecule has 1 aliphatic rings. The van der Waals surface area contributed by atoms with Gasteiger partial charge in [-0.05, 0) is 36.8 Å². The van der Waals surface area contributed by atoms with Crippen LogP contribution in [-0.2, 0) is 32.1 Å². The number of ether oxygens (including phenoxy) is 3. The highest BCUT2D eigenvalue weighted by Gasteiger charge is 2.37. The summed E-state index contributed by atoms with van der Waals surface area (Å²) in [6.45, 7) is 2.12. The van der Waals surface area contributed by atoms with Gasteiger partial charge in [-0.15, -0.1) is 11.8 Å². The minimum absolute atomic E-state index is 0.203. The van der Waals surface area contributed by atoms with E-state index in [-0.39, 0.29) is 19.6 Å². The van der Waals surface area contributed by atoms with Gasteiger partial charge in [0.2, 0.25) is 5.91 Å². The fraction of sp³-hybridized carbons (Fsp3) is 0.375. The van der Waals surface area contributed by atoms with Crippen LogP contribution in [0.3, 0.4) is 0 Å². The van der Waals surface area contributed by atoms with Gasteiger partial charge in [-0.25, -0.2) is 9.59 Å². The second kappa shape index (κ2) is 12.9. The van der Waals surface area contributed by atoms with Crippen LogP contribution in [0.2, 0.25) is 10.0 Å². The first-order valence-corrected chi connectivity index (χ1v) is 12.8. The lowest BCUT2D eigenvalue weighted by Gasteiger charge is -2.24. The van der Waals surface area contributed by atoms with Crippen molar-refractivity contribution in [2.24, 2.45) is 0 Å². The lowest BCUT2D eigenvalue weighted by atomic mass is 10.1. The van der Waals surface area contributed by atoms with E-state index in [1.165, 1.54) is 23.8 Å². The summed E-state index contributed by atoms with van der Waals surface area (Å²) in [5, 5.41) is 3.76. The molecule has 2 unspecified atom stereocenters. The zero-order valence-electron chi connectivity index (χ0n) is 19.3. The van der Waals surface area contributed by atoms with Gasteiger partial charge < -0.3 is 19.5 Å². The van der Waals surface area contributed by atoms with Gasteiger partial charge in [0.1, 0.15) is 24.4 Å². The second-order valence-corrected chi connectivity index (χ2v) is 9.42. The molecule has 188 valence electrons. The molecule has 1 N–H and O–H groups in total. The van der Waals surface area contributed by atoms with Crippen molar-refractivity contribution >= 4 is 52.9 Å². The third-order valence-corrected chi connectivity index (χ3v) is 7.02. The number of hydrogen-bond donors (Lipinski definition) is 1. The van der Waals surface area contributed by atoms with E-state index in [0.29, 0.717) is 33.0 Å². The van der Waals surface area contributed by atoms with Crippen molar-refractivity contribution < 1.29 is 28.6 Å². The van der Waals surface area contributed by atoms with Gasteiger partial charge in [-0.2, -0.15) is 0 Å². The molecule has 1 saturated heterocycles. The van der Waals surface area contributed by atoms with Gasteiger partial charge in [0, 0.05) is 27.8 Å². The highest BCUT2D eigenvalue weighted by Crippen LogP contribution is 2.26. The van der Waals surface area contributed by atoms with Crippen LogP contribution < -0.4 is 10.1 Å². The number of carbonyl (C=O) groups is 3. The Morgan fingerprint density at radius 1 is 1.14 bits per heavy atom. The average Bonchev–Trinajstić information content (AvgIpc) is 3.34. The van der Waals surface area contributed by atoms with Crippen molar-refractivity contribution in [1.82, 2.24) is 10.2 Å². The summed E-state index contributed by atoms with van der Waals surface area (Å²) >= 11 is 13.8. The number of carbonyl (C=O) groups excluding carboxylic acids is 3. The van der Waals surface area contributed by atoms with Gasteiger partial charge in [0.05, 0.1) is 19.6 Å². The number of rotatable bonds is 9. The molecule has 0 bridgehead atoms. The minimum Gasteiger partial charge on any atom is -0.489 e. The zero-order chi connectivity index (χ0) is 25.4. The molecule has 0 aliphatic carbocycles. The fourth-order valence-electron chi connectivity index (χ4n) is 3.43. The van der Waals surface area contributed by atoms with Crippen LogP contribution >= 0.6 is 35.0 Å². The molecule has 8 nitrogen and oxygen atoms in total. The van der Waals surface area contributed by atoms with E-state index in [9.17, 15) is 14.4 Å². The topological polar surface area (TPSA) is 94.2 Å². The number of amides is 2. The molecule has 0 aromatic heterocycles. The highest BCUT2D eigenvalue weighted by atomic mass is 35.5. The lowest BCUT2D eigenvalue weighted by molar-refractivity contribution is -0.145. The number of nitrogens with one attached hydrogen (secondary N) is 1. The van der Waals surface area contributed by atoms with Crippen LogP contribution in [0.25, 0.3) is 0 Å². The van der Waals surface area contributed by atoms with E-state index in [4.69, 9.17) is 37.4 Å². The SMILES string of the molecule is CCOC(=O)N1CSCC1C(=O)NC(Cc1ccc(OCc2c(Cl)cccc2Cl)cc1)C(=O)OC. The Kier molecular flexibility index (Phi) is 9.94. The Labute approximate surface area is 218 Å². The number of nitrogens with zero attached hydrogens (tertiary/aromatic N) is 1. The monoisotopic (exact) mass is 540 g/mol. The summed E-state index contributed by atoms with van der Waals surface area (Å²) in [6, 6.07) is 10.7. The number of methoxy groups -OCH3 is 1. The smallest absolute Gasteiger partial charge is 0.411 e. The van der Waals surface area contributed by atoms with Crippen LogP contribution in [-0.4, -0.2) is 60.3 Å². The van der Waals surface area contributed by atoms with E-state index >= 15 is 0 Å². The Morgan fingerprint density at radius 3 is 2.46 bits per heavy atom. The summed E-state index contributed by atoms with van der Waals surface area (Å²) in [6.07, 6.45) is -0.352. The van der Waals surface area contributed by atoms with Gasteiger partial charge in [0.25, 0.3) is 0 Å². The normalized spacial score (nSPS) is 15.9. The summed E-state index contributed by atoms with van der Waals surface area (Å²) in [4.78, 5) is 38.8. The molecule has 11 heteroatoms. The summed E-state index contributed by atoms with van der Waals surface area (Å²) < 4.78 is 15.7. The van der Waals surface area contributed by atoms with Crippen molar-refractivity contribution in [3.05, 3.63) is 63.6 Å². The average molecular weight is 541 g/mol. The highest BCUT2D eigenvalue weighted by molar-refractivity contribution is 7.99. The molecule has 1 aliphatic heterocycles. The molecule has 2 atom stereocenters. The van der Waals surface area contributed by atoms with Crippen LogP contribution in [0.4, 0.5) is 4.79 Å². The summed E-state index contributed by atoms with van der Waals surface area (Å²) in [5.41, 5.74) is 1.47. The predicted molar refractivity (Wildman–Crippen MR) is 135 cm³/mol. The first kappa shape index (κ1) is 27.0. The first-order valence-electron chi connectivity index (χ1n) is 10.9. The minimum atomic E-state index is -0.921. The maximum Gasteiger partial charge on any atom is 0.411 e. The lowest BCUT2D eigenvalue weighted by Crippen LogP contribution is -2.52. The molecule has 0 radical (unpaired) electrons. The van der Waals surface area contributed by atoms with Crippen LogP contribution in [0.1, 0.15) is 18.1 Å². The molecule has 2 aromatic carbocycles. The van der Waals surface area contributed by atoms with E-state index in [1.807, 2.05) is 0 Å². The second-order valence-electron chi connectivity index (χ2n) is 7.61. The fourth-order valence-corrected chi connectivity index (χ4v) is 5.08. The van der Waals surface area contributed by atoms with Crippen LogP contribution in [0.5, 0.6) is 5.75 Å². The van der Waals surface area contributed by atoms with Crippen molar-refractivity contribution in [2.75, 3.05) is 25.3 Å². The molecular formula is C24H26Cl2N2O6S. The molecule has 2 aromatic rings. The van der Waals surface area contributed by atoms with Crippen LogP contribution in [0, 0.1) is 0 Å². The Hall–Kier alpha value is -2.62. The van der Waals surface area contributed by atoms with E-state index in [0.717, 1.165) is 5.56 Å². The van der Waals surface area contributed by atoms with E-state index < -0.39 is 30.1 Å². The van der Waals surface area contributed by atoms with Crippen LogP contribution in [0.15, 0.2) is 42.5 Å². The van der Waals surface area contributed by atoms with Gasteiger partial charge >= 0.3 is 12.1 Å². The number of hydrogen-bond acceptors (Lipinski definition) is 7. The molecule has 2 amide bonds. The third-order valence-electron chi connectivity index (χ3n) is 5.30. The van der Waals surface area contributed by atoms with Gasteiger partial charge in [0.15, 0.2) is 0 Å². The zero-order valence-corrected chi connectivity index (χ0v) is 21.6. The largest absolute Gasteiger partial charge is 0.489 e. The van der Waals surface area contributed by atoms with Crippen molar-refractivity contribution in [1.29, 1.82) is 0 Å². The standard InChI is InChI=1S/C24H26Cl2N2O6S/c1-3-33-24(31)28-14-35-13-21(28)22(29)27-20(23(30)32-2)11-15-7-9-16(10-8-15)34-12-17-18(25)5-4-6-19(17)26/h4-10,20-21H,3,11-14H2,1-2H3,(H,27,29). The molecule has 3 rings (SSSR count). The number of esters is 1. The Balaban J connectivity index is 1.62. The Bertz CT molecular complexity index is 1030. The molecule has 35 heavy (non-hydrogen) atoms. The maximum atomic E-state index is 12.9. The third kappa shape index (κ3) is 7.19. The molecule has 0 saturated carbocycles. The summed E-state index contributed by atoms with van der Waals surface area (Å²) in [5.74, 6) is 0.340. The van der Waals surface area contributed by atoms with Gasteiger partial charge in [-0.1, -0.05) is 41.4 Å².